The van der Waals surface area contributed by atoms with Crippen LogP contribution in [0.25, 0.3) is 16.6 Å². The Morgan fingerprint density at radius 2 is 1.80 bits per heavy atom. The molecule has 4 aromatic rings. The van der Waals surface area contributed by atoms with Gasteiger partial charge in [-0.25, -0.2) is 0 Å². The van der Waals surface area contributed by atoms with Gasteiger partial charge in [-0.2, -0.15) is 0 Å². The van der Waals surface area contributed by atoms with Gasteiger partial charge in [0, 0.05) is 61.4 Å². The number of aliphatic carboxylic acids is 1. The minimum absolute atomic E-state index is 0.167. The van der Waals surface area contributed by atoms with Crippen molar-refractivity contribution >= 4 is 16.9 Å². The Labute approximate surface area is 205 Å². The van der Waals surface area contributed by atoms with Crippen molar-refractivity contribution in [3.05, 3.63) is 78.5 Å². The number of aromatic amines is 1. The monoisotopic (exact) mass is 472 g/mol. The van der Waals surface area contributed by atoms with Gasteiger partial charge in [0.2, 0.25) is 0 Å². The first-order valence-corrected chi connectivity index (χ1v) is 12.4. The number of aromatic nitrogens is 4. The van der Waals surface area contributed by atoms with Crippen molar-refractivity contribution < 1.29 is 9.90 Å². The Kier molecular flexibility index (Phi) is 7.20. The van der Waals surface area contributed by atoms with Crippen LogP contribution >= 0.6 is 0 Å². The van der Waals surface area contributed by atoms with Gasteiger partial charge >= 0.3 is 5.97 Å². The topological polar surface area (TPSA) is 90.3 Å². The molecular weight excluding hydrogens is 440 g/mol. The fourth-order valence-electron chi connectivity index (χ4n) is 5.16. The van der Waals surface area contributed by atoms with Gasteiger partial charge < -0.3 is 15.0 Å². The Hall–Kier alpha value is -3.49. The quantitative estimate of drug-likeness (QED) is 0.364. The molecule has 0 saturated carbocycles. The molecule has 182 valence electrons. The maximum Gasteiger partial charge on any atom is 0.303 e. The zero-order valence-electron chi connectivity index (χ0n) is 19.9. The van der Waals surface area contributed by atoms with Gasteiger partial charge in [-0.3, -0.25) is 14.3 Å². The molecule has 8 nitrogen and oxygen atoms in total. The molecule has 2 aromatic heterocycles. The van der Waals surface area contributed by atoms with E-state index in [2.05, 4.69) is 61.5 Å². The first-order valence-electron chi connectivity index (χ1n) is 12.4. The smallest absolute Gasteiger partial charge is 0.303 e. The highest BCUT2D eigenvalue weighted by Crippen LogP contribution is 2.27. The number of carboxylic acids is 1. The van der Waals surface area contributed by atoms with Crippen molar-refractivity contribution in [2.75, 3.05) is 32.7 Å². The molecule has 0 radical (unpaired) electrons. The summed E-state index contributed by atoms with van der Waals surface area (Å²) in [4.78, 5) is 19.6. The number of benzene rings is 2. The second-order valence-electron chi connectivity index (χ2n) is 9.25. The molecule has 35 heavy (non-hydrogen) atoms. The molecule has 0 aliphatic carbocycles. The molecule has 2 N–H and O–H groups in total. The van der Waals surface area contributed by atoms with Crippen molar-refractivity contribution in [2.45, 2.75) is 31.7 Å². The van der Waals surface area contributed by atoms with E-state index in [0.717, 1.165) is 56.8 Å². The molecule has 1 aliphatic rings. The molecule has 0 amide bonds. The number of carbonyl (C=O) groups is 1. The van der Waals surface area contributed by atoms with Crippen molar-refractivity contribution in [1.82, 2.24) is 29.5 Å². The van der Waals surface area contributed by atoms with Gasteiger partial charge in [-0.1, -0.05) is 30.3 Å². The first kappa shape index (κ1) is 23.3. The van der Waals surface area contributed by atoms with Crippen molar-refractivity contribution in [3.63, 3.8) is 0 Å². The molecule has 1 atom stereocenters. The van der Waals surface area contributed by atoms with E-state index in [1.54, 1.807) is 12.7 Å². The number of carboxylic acid groups (broad SMARTS) is 1. The number of hydrogen-bond acceptors (Lipinski definition) is 5. The van der Waals surface area contributed by atoms with Crippen LogP contribution in [-0.2, 0) is 11.2 Å². The second-order valence-corrected chi connectivity index (χ2v) is 9.25. The maximum absolute atomic E-state index is 11.2. The Morgan fingerprint density at radius 3 is 2.54 bits per heavy atom. The third kappa shape index (κ3) is 5.61. The lowest BCUT2D eigenvalue weighted by molar-refractivity contribution is -0.137. The number of fused-ring (bicyclic) bond motifs is 1. The minimum Gasteiger partial charge on any atom is -0.481 e. The Balaban J connectivity index is 1.15. The van der Waals surface area contributed by atoms with Crippen LogP contribution in [-0.4, -0.2) is 73.3 Å². The lowest BCUT2D eigenvalue weighted by atomic mass is 9.99. The molecule has 2 aromatic carbocycles. The maximum atomic E-state index is 11.2. The number of H-pyrrole nitrogens is 1. The van der Waals surface area contributed by atoms with Gasteiger partial charge in [0.25, 0.3) is 0 Å². The van der Waals surface area contributed by atoms with E-state index in [0.29, 0.717) is 6.42 Å². The van der Waals surface area contributed by atoms with E-state index in [-0.39, 0.29) is 12.5 Å². The average molecular weight is 473 g/mol. The molecule has 5 rings (SSSR count). The summed E-state index contributed by atoms with van der Waals surface area (Å²) in [6.45, 7) is 5.03. The third-order valence-corrected chi connectivity index (χ3v) is 7.05. The van der Waals surface area contributed by atoms with Crippen LogP contribution in [0.3, 0.4) is 0 Å². The van der Waals surface area contributed by atoms with Crippen LogP contribution in [0.2, 0.25) is 0 Å². The van der Waals surface area contributed by atoms with E-state index in [4.69, 9.17) is 0 Å². The summed E-state index contributed by atoms with van der Waals surface area (Å²) in [5.74, 6) is -0.726. The zero-order valence-corrected chi connectivity index (χ0v) is 19.9. The largest absolute Gasteiger partial charge is 0.481 e. The van der Waals surface area contributed by atoms with Crippen LogP contribution in [0, 0.1) is 0 Å². The van der Waals surface area contributed by atoms with Crippen LogP contribution in [0.4, 0.5) is 0 Å². The molecule has 0 spiro atoms. The minimum atomic E-state index is -0.726. The molecular formula is C27H32N6O2. The summed E-state index contributed by atoms with van der Waals surface area (Å²) in [6, 6.07) is 16.9. The number of nitrogens with zero attached hydrogens (tertiary/aromatic N) is 5. The first-order chi connectivity index (χ1) is 17.2. The normalized spacial score (nSPS) is 16.0. The molecule has 1 fully saturated rings. The SMILES string of the molecule is O=C(O)CCC(c1ccccc1)N1CCN(CCCc2c[nH]c3ccc(-n4cnnc4)cc23)CC1. The standard InChI is InChI=1S/C27H32N6O2/c34-27(35)11-10-26(21-5-2-1-3-6-21)32-15-13-31(14-16-32)12-4-7-22-18-28-25-9-8-23(17-24(22)25)33-19-29-30-20-33/h1-3,5-6,8-9,17-20,26,28H,4,7,10-16H2,(H,34,35). The summed E-state index contributed by atoms with van der Waals surface area (Å²) in [5.41, 5.74) is 4.77. The van der Waals surface area contributed by atoms with Crippen LogP contribution in [0.1, 0.15) is 36.4 Å². The summed E-state index contributed by atoms with van der Waals surface area (Å²) in [6.07, 6.45) is 8.54. The van der Waals surface area contributed by atoms with E-state index < -0.39 is 5.97 Å². The summed E-state index contributed by atoms with van der Waals surface area (Å²) < 4.78 is 1.93. The van der Waals surface area contributed by atoms with Crippen LogP contribution in [0.5, 0.6) is 0 Å². The molecule has 1 unspecified atom stereocenters. The number of aryl methyl sites for hydroxylation is 1. The highest BCUT2D eigenvalue weighted by molar-refractivity contribution is 5.85. The number of nitrogens with one attached hydrogen (secondary N) is 1. The average Bonchev–Trinajstić information content (AvgIpc) is 3.56. The van der Waals surface area contributed by atoms with Gasteiger partial charge in [0.1, 0.15) is 12.7 Å². The summed E-state index contributed by atoms with van der Waals surface area (Å²) in [7, 11) is 0. The predicted molar refractivity (Wildman–Crippen MR) is 136 cm³/mol. The van der Waals surface area contributed by atoms with Gasteiger partial charge in [-0.05, 0) is 55.1 Å². The van der Waals surface area contributed by atoms with Gasteiger partial charge in [0.15, 0.2) is 0 Å². The Bertz CT molecular complexity index is 1230. The second kappa shape index (κ2) is 10.8. The fraction of sp³-hybridized carbons (Fsp3) is 0.370. The number of piperazine rings is 1. The van der Waals surface area contributed by atoms with E-state index in [1.807, 2.05) is 22.8 Å². The van der Waals surface area contributed by atoms with E-state index in [9.17, 15) is 9.90 Å². The third-order valence-electron chi connectivity index (χ3n) is 7.05. The number of hydrogen-bond donors (Lipinski definition) is 2. The van der Waals surface area contributed by atoms with Crippen molar-refractivity contribution in [1.29, 1.82) is 0 Å². The molecule has 1 saturated heterocycles. The fourth-order valence-corrected chi connectivity index (χ4v) is 5.16. The molecule has 1 aliphatic heterocycles. The van der Waals surface area contributed by atoms with Crippen molar-refractivity contribution in [3.8, 4) is 5.69 Å². The van der Waals surface area contributed by atoms with Gasteiger partial charge in [0.05, 0.1) is 0 Å². The van der Waals surface area contributed by atoms with E-state index in [1.165, 1.54) is 16.5 Å². The summed E-state index contributed by atoms with van der Waals surface area (Å²) >= 11 is 0. The van der Waals surface area contributed by atoms with Gasteiger partial charge in [-0.15, -0.1) is 10.2 Å². The highest BCUT2D eigenvalue weighted by Gasteiger charge is 2.25. The molecule has 0 bridgehead atoms. The zero-order chi connectivity index (χ0) is 24.0. The highest BCUT2D eigenvalue weighted by atomic mass is 16.4. The molecule has 3 heterocycles. The lowest BCUT2D eigenvalue weighted by Gasteiger charge is -2.39. The predicted octanol–water partition coefficient (Wildman–Crippen LogP) is 3.90. The Morgan fingerprint density at radius 1 is 1.03 bits per heavy atom. The van der Waals surface area contributed by atoms with Crippen molar-refractivity contribution in [2.24, 2.45) is 0 Å². The number of rotatable bonds is 10. The van der Waals surface area contributed by atoms with Crippen LogP contribution < -0.4 is 0 Å². The summed E-state index contributed by atoms with van der Waals surface area (Å²) in [5, 5.41) is 18.3. The van der Waals surface area contributed by atoms with Crippen LogP contribution in [0.15, 0.2) is 67.4 Å². The lowest BCUT2D eigenvalue weighted by Crippen LogP contribution is -2.47. The van der Waals surface area contributed by atoms with E-state index >= 15 is 0 Å². The molecule has 8 heteroatoms.